The minimum Gasteiger partial charge on any atom is -0.449 e. The van der Waals surface area contributed by atoms with E-state index in [-0.39, 0.29) is 5.89 Å². The molecule has 30 heavy (non-hydrogen) atoms. The second-order valence-corrected chi connectivity index (χ2v) is 8.52. The fraction of sp³-hybridized carbons (Fsp3) is 0.238. The molecule has 0 amide bonds. The Kier molecular flexibility index (Phi) is 6.01. The Hall–Kier alpha value is -2.91. The monoisotopic (exact) mass is 441 g/mol. The third kappa shape index (κ3) is 4.31. The Morgan fingerprint density at radius 3 is 2.77 bits per heavy atom. The van der Waals surface area contributed by atoms with Gasteiger partial charge in [0, 0.05) is 16.2 Å². The van der Waals surface area contributed by atoms with Crippen LogP contribution in [0.1, 0.15) is 46.3 Å². The fourth-order valence-electron chi connectivity index (χ4n) is 2.79. The molecule has 0 aliphatic rings. The van der Waals surface area contributed by atoms with Crippen molar-refractivity contribution in [2.75, 3.05) is 0 Å². The number of ether oxygens (including phenoxy) is 1. The van der Waals surface area contributed by atoms with Crippen LogP contribution in [0.25, 0.3) is 10.8 Å². The van der Waals surface area contributed by atoms with Crippen molar-refractivity contribution in [3.63, 3.8) is 0 Å². The molecular formula is C21H19N3O4S2. The maximum atomic E-state index is 12.8. The van der Waals surface area contributed by atoms with Gasteiger partial charge in [0.2, 0.25) is 0 Å². The molecule has 1 aromatic carbocycles. The Morgan fingerprint density at radius 1 is 1.20 bits per heavy atom. The zero-order chi connectivity index (χ0) is 21.1. The first-order chi connectivity index (χ1) is 14.5. The van der Waals surface area contributed by atoms with Crippen LogP contribution < -0.4 is 0 Å². The van der Waals surface area contributed by atoms with E-state index in [2.05, 4.69) is 15.4 Å². The van der Waals surface area contributed by atoms with E-state index in [4.69, 9.17) is 13.7 Å². The molecule has 0 saturated heterocycles. The SMILES string of the molecule is Cc1noc(C)c1CSc1ccccc1C(=O)OC(C)c1nnc(-c2cccs2)o1. The van der Waals surface area contributed by atoms with E-state index in [0.717, 1.165) is 26.8 Å². The predicted octanol–water partition coefficient (Wildman–Crippen LogP) is 5.61. The average Bonchev–Trinajstić information content (AvgIpc) is 3.49. The van der Waals surface area contributed by atoms with Crippen LogP contribution in [0.5, 0.6) is 0 Å². The van der Waals surface area contributed by atoms with Gasteiger partial charge in [0.1, 0.15) is 5.76 Å². The summed E-state index contributed by atoms with van der Waals surface area (Å²) in [6.07, 6.45) is -0.667. The summed E-state index contributed by atoms with van der Waals surface area (Å²) < 4.78 is 16.5. The van der Waals surface area contributed by atoms with Crippen LogP contribution in [0.15, 0.2) is 55.6 Å². The van der Waals surface area contributed by atoms with Gasteiger partial charge in [0.15, 0.2) is 6.10 Å². The first-order valence-corrected chi connectivity index (χ1v) is 11.1. The Balaban J connectivity index is 1.46. The molecule has 0 aliphatic heterocycles. The number of hydrogen-bond donors (Lipinski definition) is 0. The summed E-state index contributed by atoms with van der Waals surface area (Å²) in [7, 11) is 0. The number of rotatable bonds is 7. The molecule has 4 aromatic rings. The lowest BCUT2D eigenvalue weighted by atomic mass is 10.2. The second-order valence-electron chi connectivity index (χ2n) is 6.56. The van der Waals surface area contributed by atoms with Crippen LogP contribution in [0.4, 0.5) is 0 Å². The number of nitrogens with zero attached hydrogens (tertiary/aromatic N) is 3. The average molecular weight is 442 g/mol. The van der Waals surface area contributed by atoms with E-state index in [1.165, 1.54) is 23.1 Å². The maximum absolute atomic E-state index is 12.8. The van der Waals surface area contributed by atoms with Gasteiger partial charge in [-0.15, -0.1) is 33.3 Å². The first kappa shape index (κ1) is 20.4. The Morgan fingerprint density at radius 2 is 2.03 bits per heavy atom. The normalized spacial score (nSPS) is 12.1. The van der Waals surface area contributed by atoms with E-state index >= 15 is 0 Å². The summed E-state index contributed by atoms with van der Waals surface area (Å²) in [6, 6.07) is 11.1. The molecule has 1 unspecified atom stereocenters. The minimum atomic E-state index is -0.667. The van der Waals surface area contributed by atoms with Gasteiger partial charge in [0.25, 0.3) is 11.8 Å². The molecule has 4 rings (SSSR count). The van der Waals surface area contributed by atoms with E-state index in [1.807, 2.05) is 49.6 Å². The number of carbonyl (C=O) groups is 1. The van der Waals surface area contributed by atoms with Gasteiger partial charge in [-0.2, -0.15) is 0 Å². The zero-order valence-electron chi connectivity index (χ0n) is 16.6. The molecular weight excluding hydrogens is 422 g/mol. The van der Waals surface area contributed by atoms with Crippen molar-refractivity contribution in [2.24, 2.45) is 0 Å². The summed E-state index contributed by atoms with van der Waals surface area (Å²) >= 11 is 3.04. The standard InChI is InChI=1S/C21H19N3O4S2/c1-12-16(13(2)28-24-12)11-30-17-8-5-4-7-15(17)21(25)26-14(3)19-22-23-20(27-19)18-9-6-10-29-18/h4-10,14H,11H2,1-3H3. The van der Waals surface area contributed by atoms with Gasteiger partial charge in [-0.1, -0.05) is 23.4 Å². The van der Waals surface area contributed by atoms with Crippen molar-refractivity contribution in [3.05, 3.63) is 70.3 Å². The molecule has 0 bridgehead atoms. The summed E-state index contributed by atoms with van der Waals surface area (Å²) in [5.74, 6) is 1.66. The van der Waals surface area contributed by atoms with Gasteiger partial charge < -0.3 is 13.7 Å². The van der Waals surface area contributed by atoms with Gasteiger partial charge in [-0.3, -0.25) is 0 Å². The summed E-state index contributed by atoms with van der Waals surface area (Å²) in [5, 5.41) is 14.0. The smallest absolute Gasteiger partial charge is 0.340 e. The van der Waals surface area contributed by atoms with Crippen LogP contribution in [-0.4, -0.2) is 21.3 Å². The third-order valence-electron chi connectivity index (χ3n) is 4.46. The quantitative estimate of drug-likeness (QED) is 0.270. The number of thioether (sulfide) groups is 1. The van der Waals surface area contributed by atoms with Crippen molar-refractivity contribution in [3.8, 4) is 10.8 Å². The first-order valence-electron chi connectivity index (χ1n) is 9.24. The molecule has 0 N–H and O–H groups in total. The molecule has 3 aromatic heterocycles. The number of thiophene rings is 1. The van der Waals surface area contributed by atoms with Crippen molar-refractivity contribution in [2.45, 2.75) is 37.5 Å². The highest BCUT2D eigenvalue weighted by Gasteiger charge is 2.22. The predicted molar refractivity (Wildman–Crippen MR) is 113 cm³/mol. The Bertz CT molecular complexity index is 1130. The minimum absolute atomic E-state index is 0.257. The van der Waals surface area contributed by atoms with Crippen molar-refractivity contribution in [1.29, 1.82) is 0 Å². The van der Waals surface area contributed by atoms with Gasteiger partial charge >= 0.3 is 5.97 Å². The lowest BCUT2D eigenvalue weighted by molar-refractivity contribution is 0.0276. The van der Waals surface area contributed by atoms with Crippen LogP contribution in [0.2, 0.25) is 0 Å². The number of esters is 1. The largest absolute Gasteiger partial charge is 0.449 e. The van der Waals surface area contributed by atoms with E-state index in [0.29, 0.717) is 17.2 Å². The molecule has 0 fully saturated rings. The topological polar surface area (TPSA) is 91.2 Å². The van der Waals surface area contributed by atoms with Gasteiger partial charge in [-0.05, 0) is 44.4 Å². The summed E-state index contributed by atoms with van der Waals surface area (Å²) in [4.78, 5) is 14.5. The van der Waals surface area contributed by atoms with Crippen LogP contribution >= 0.6 is 23.1 Å². The maximum Gasteiger partial charge on any atom is 0.340 e. The van der Waals surface area contributed by atoms with Crippen LogP contribution in [-0.2, 0) is 10.5 Å². The molecule has 0 radical (unpaired) electrons. The van der Waals surface area contributed by atoms with Gasteiger partial charge in [-0.25, -0.2) is 4.79 Å². The molecule has 1 atom stereocenters. The van der Waals surface area contributed by atoms with E-state index in [1.54, 1.807) is 13.0 Å². The van der Waals surface area contributed by atoms with E-state index in [9.17, 15) is 4.79 Å². The second kappa shape index (κ2) is 8.85. The lowest BCUT2D eigenvalue weighted by Gasteiger charge is -2.12. The molecule has 0 aliphatic carbocycles. The number of aromatic nitrogens is 3. The number of hydrogen-bond acceptors (Lipinski definition) is 9. The molecule has 3 heterocycles. The molecule has 0 saturated carbocycles. The third-order valence-corrected chi connectivity index (χ3v) is 6.42. The number of carbonyl (C=O) groups excluding carboxylic acids is 1. The molecule has 0 spiro atoms. The lowest BCUT2D eigenvalue weighted by Crippen LogP contribution is -2.10. The van der Waals surface area contributed by atoms with E-state index < -0.39 is 12.1 Å². The zero-order valence-corrected chi connectivity index (χ0v) is 18.3. The highest BCUT2D eigenvalue weighted by atomic mass is 32.2. The number of aryl methyl sites for hydroxylation is 2. The van der Waals surface area contributed by atoms with Crippen molar-refractivity contribution < 1.29 is 18.5 Å². The highest BCUT2D eigenvalue weighted by molar-refractivity contribution is 7.98. The Labute approximate surface area is 181 Å². The summed E-state index contributed by atoms with van der Waals surface area (Å²) in [6.45, 7) is 5.50. The molecule has 9 heteroatoms. The molecule has 7 nitrogen and oxygen atoms in total. The van der Waals surface area contributed by atoms with Crippen LogP contribution in [0, 0.1) is 13.8 Å². The fourth-order valence-corrected chi connectivity index (χ4v) is 4.63. The number of benzene rings is 1. The van der Waals surface area contributed by atoms with Crippen molar-refractivity contribution >= 4 is 29.1 Å². The van der Waals surface area contributed by atoms with Crippen LogP contribution in [0.3, 0.4) is 0 Å². The summed E-state index contributed by atoms with van der Waals surface area (Å²) in [5.41, 5.74) is 2.37. The molecule has 154 valence electrons. The van der Waals surface area contributed by atoms with Crippen molar-refractivity contribution in [1.82, 2.24) is 15.4 Å². The highest BCUT2D eigenvalue weighted by Crippen LogP contribution is 2.31. The van der Waals surface area contributed by atoms with Gasteiger partial charge in [0.05, 0.1) is 16.1 Å².